The van der Waals surface area contributed by atoms with Gasteiger partial charge >= 0.3 is 0 Å². The zero-order valence-electron chi connectivity index (χ0n) is 5.85. The molecule has 0 saturated heterocycles. The van der Waals surface area contributed by atoms with Gasteiger partial charge in [-0.1, -0.05) is 0 Å². The van der Waals surface area contributed by atoms with Crippen molar-refractivity contribution in [3.05, 3.63) is 24.6 Å². The van der Waals surface area contributed by atoms with E-state index in [0.29, 0.717) is 12.2 Å². The van der Waals surface area contributed by atoms with E-state index in [1.807, 2.05) is 0 Å². The van der Waals surface area contributed by atoms with E-state index in [1.54, 1.807) is 6.20 Å². The average Bonchev–Trinajstić information content (AvgIpc) is 2.13. The molecule has 0 aliphatic rings. The number of Topliss-reactive ketones (excluding diaryl/α,β-unsaturated/α-hetero) is 1. The maximum Gasteiger partial charge on any atom is 0.137 e. The molecule has 10 heavy (non-hydrogen) atoms. The third-order valence-electron chi connectivity index (χ3n) is 1.10. The zero-order chi connectivity index (χ0) is 7.56. The Kier molecular flexibility index (Phi) is 1.85. The summed E-state index contributed by atoms with van der Waals surface area (Å²) < 4.78 is 0. The highest BCUT2D eigenvalue weighted by molar-refractivity contribution is 5.77. The van der Waals surface area contributed by atoms with Crippen molar-refractivity contribution in [1.29, 1.82) is 0 Å². The van der Waals surface area contributed by atoms with Crippen LogP contribution in [0.2, 0.25) is 0 Å². The van der Waals surface area contributed by atoms with Crippen LogP contribution < -0.4 is 0 Å². The van der Waals surface area contributed by atoms with E-state index >= 15 is 0 Å². The first kappa shape index (κ1) is 6.99. The lowest BCUT2D eigenvalue weighted by atomic mass is 10.3. The number of carbonyl (C=O) groups excluding carboxylic acids is 1. The molecule has 0 fully saturated rings. The second-order valence-electron chi connectivity index (χ2n) is 2.23. The molecule has 1 aromatic rings. The van der Waals surface area contributed by atoms with Crippen LogP contribution in [0.3, 0.4) is 0 Å². The van der Waals surface area contributed by atoms with E-state index in [4.69, 9.17) is 0 Å². The molecule has 0 unspecified atom stereocenters. The highest BCUT2D eigenvalue weighted by Crippen LogP contribution is 1.95. The summed E-state index contributed by atoms with van der Waals surface area (Å²) in [5.74, 6) is 0.798. The molecule has 1 heterocycles. The molecule has 1 radical (unpaired) electrons. The van der Waals surface area contributed by atoms with Crippen LogP contribution in [0.1, 0.15) is 18.4 Å². The van der Waals surface area contributed by atoms with Gasteiger partial charge in [0.15, 0.2) is 0 Å². The number of nitrogens with zero attached hydrogens (tertiary/aromatic N) is 1. The number of aromatic amines is 1. The van der Waals surface area contributed by atoms with Crippen LogP contribution in [0.25, 0.3) is 0 Å². The van der Waals surface area contributed by atoms with E-state index in [9.17, 15) is 4.79 Å². The van der Waals surface area contributed by atoms with E-state index in [-0.39, 0.29) is 5.78 Å². The fourth-order valence-corrected chi connectivity index (χ4v) is 0.731. The molecule has 0 atom stereocenters. The Morgan fingerprint density at radius 2 is 2.60 bits per heavy atom. The Labute approximate surface area is 59.5 Å². The summed E-state index contributed by atoms with van der Waals surface area (Å²) in [6, 6.07) is 0. The molecule has 1 rings (SSSR count). The summed E-state index contributed by atoms with van der Waals surface area (Å²) in [5, 5.41) is 0. The van der Waals surface area contributed by atoms with Gasteiger partial charge in [-0.15, -0.1) is 0 Å². The van der Waals surface area contributed by atoms with Crippen molar-refractivity contribution in [3.63, 3.8) is 0 Å². The summed E-state index contributed by atoms with van der Waals surface area (Å²) in [6.45, 7) is 5.15. The molecule has 1 N–H and O–H groups in total. The Morgan fingerprint density at radius 1 is 1.90 bits per heavy atom. The van der Waals surface area contributed by atoms with Crippen molar-refractivity contribution in [1.82, 2.24) is 9.97 Å². The van der Waals surface area contributed by atoms with E-state index < -0.39 is 0 Å². The smallest absolute Gasteiger partial charge is 0.137 e. The summed E-state index contributed by atoms with van der Waals surface area (Å²) in [4.78, 5) is 17.3. The second kappa shape index (κ2) is 2.64. The number of ketones is 1. The fourth-order valence-electron chi connectivity index (χ4n) is 0.731. The lowest BCUT2D eigenvalue weighted by molar-refractivity contribution is -0.116. The predicted molar refractivity (Wildman–Crippen MR) is 37.4 cm³/mol. The quantitative estimate of drug-likeness (QED) is 0.652. The number of hydrogen-bond acceptors (Lipinski definition) is 2. The molecule has 0 aliphatic carbocycles. The van der Waals surface area contributed by atoms with Crippen LogP contribution in [-0.2, 0) is 11.2 Å². The SMILES string of the molecule is [CH2]c1cnc(CC(C)=O)[nH]1. The molecule has 0 bridgehead atoms. The van der Waals surface area contributed by atoms with Gasteiger partial charge in [0.1, 0.15) is 11.6 Å². The minimum Gasteiger partial charge on any atom is -0.345 e. The van der Waals surface area contributed by atoms with Gasteiger partial charge in [-0.25, -0.2) is 4.98 Å². The van der Waals surface area contributed by atoms with Gasteiger partial charge in [0.25, 0.3) is 0 Å². The topological polar surface area (TPSA) is 45.8 Å². The molecule has 0 aromatic carbocycles. The maximum atomic E-state index is 10.5. The van der Waals surface area contributed by atoms with Gasteiger partial charge < -0.3 is 4.98 Å². The molecule has 0 amide bonds. The van der Waals surface area contributed by atoms with Gasteiger partial charge in [-0.3, -0.25) is 4.79 Å². The first-order chi connectivity index (χ1) is 4.68. The van der Waals surface area contributed by atoms with Crippen LogP contribution in [0.5, 0.6) is 0 Å². The van der Waals surface area contributed by atoms with Crippen LogP contribution in [0.4, 0.5) is 0 Å². The van der Waals surface area contributed by atoms with Gasteiger partial charge in [0.2, 0.25) is 0 Å². The number of rotatable bonds is 2. The first-order valence-electron chi connectivity index (χ1n) is 3.04. The van der Waals surface area contributed by atoms with Crippen molar-refractivity contribution in [2.75, 3.05) is 0 Å². The monoisotopic (exact) mass is 137 g/mol. The van der Waals surface area contributed by atoms with Crippen LogP contribution in [-0.4, -0.2) is 15.8 Å². The summed E-state index contributed by atoms with van der Waals surface area (Å²) in [6.07, 6.45) is 1.98. The molecule has 0 spiro atoms. The van der Waals surface area contributed by atoms with Crippen LogP contribution in [0, 0.1) is 6.92 Å². The number of carbonyl (C=O) groups is 1. The van der Waals surface area contributed by atoms with Gasteiger partial charge in [0, 0.05) is 11.9 Å². The summed E-state index contributed by atoms with van der Waals surface area (Å²) >= 11 is 0. The van der Waals surface area contributed by atoms with Crippen molar-refractivity contribution >= 4 is 5.78 Å². The number of imidazole rings is 1. The van der Waals surface area contributed by atoms with Gasteiger partial charge in [0.05, 0.1) is 6.42 Å². The average molecular weight is 137 g/mol. The van der Waals surface area contributed by atoms with E-state index in [1.165, 1.54) is 6.92 Å². The predicted octanol–water partition coefficient (Wildman–Crippen LogP) is 0.723. The van der Waals surface area contributed by atoms with E-state index in [0.717, 1.165) is 5.69 Å². The molecule has 1 aromatic heterocycles. The molecule has 0 aliphatic heterocycles. The highest BCUT2D eigenvalue weighted by Gasteiger charge is 1.99. The third kappa shape index (κ3) is 1.69. The minimum atomic E-state index is 0.106. The lowest BCUT2D eigenvalue weighted by Crippen LogP contribution is -1.97. The van der Waals surface area contributed by atoms with Crippen molar-refractivity contribution in [2.45, 2.75) is 13.3 Å². The van der Waals surface area contributed by atoms with Crippen molar-refractivity contribution < 1.29 is 4.79 Å². The lowest BCUT2D eigenvalue weighted by Gasteiger charge is -1.87. The zero-order valence-corrected chi connectivity index (χ0v) is 5.85. The summed E-state index contributed by atoms with van der Waals surface area (Å²) in [7, 11) is 0. The Hall–Kier alpha value is -1.12. The van der Waals surface area contributed by atoms with Crippen molar-refractivity contribution in [2.24, 2.45) is 0 Å². The van der Waals surface area contributed by atoms with E-state index in [2.05, 4.69) is 16.9 Å². The Balaban J connectivity index is 2.67. The van der Waals surface area contributed by atoms with Gasteiger partial charge in [-0.05, 0) is 13.8 Å². The fraction of sp³-hybridized carbons (Fsp3) is 0.286. The third-order valence-corrected chi connectivity index (χ3v) is 1.10. The first-order valence-corrected chi connectivity index (χ1v) is 3.04. The number of aromatic nitrogens is 2. The molecule has 3 heteroatoms. The molecular weight excluding hydrogens is 128 g/mol. The number of nitrogens with one attached hydrogen (secondary N) is 1. The van der Waals surface area contributed by atoms with Gasteiger partial charge in [-0.2, -0.15) is 0 Å². The standard InChI is InChI=1S/C7H9N2O/c1-5-4-8-7(9-5)3-6(2)10/h4H,1,3H2,2H3,(H,8,9). The molecule has 3 nitrogen and oxygen atoms in total. The summed E-state index contributed by atoms with van der Waals surface area (Å²) in [5.41, 5.74) is 0.747. The van der Waals surface area contributed by atoms with Crippen molar-refractivity contribution in [3.8, 4) is 0 Å². The minimum absolute atomic E-state index is 0.106. The Morgan fingerprint density at radius 3 is 3.00 bits per heavy atom. The molecule has 0 saturated carbocycles. The number of H-pyrrole nitrogens is 1. The van der Waals surface area contributed by atoms with Crippen LogP contribution in [0.15, 0.2) is 6.20 Å². The normalized spacial score (nSPS) is 9.80. The molecular formula is C7H9N2O. The highest BCUT2D eigenvalue weighted by atomic mass is 16.1. The Bertz CT molecular complexity index is 240. The second-order valence-corrected chi connectivity index (χ2v) is 2.23. The van der Waals surface area contributed by atoms with Crippen LogP contribution >= 0.6 is 0 Å². The number of hydrogen-bond donors (Lipinski definition) is 1. The largest absolute Gasteiger partial charge is 0.345 e. The molecule has 53 valence electrons. The maximum absolute atomic E-state index is 10.5.